The minimum atomic E-state index is -4.28. The Labute approximate surface area is 128 Å². The summed E-state index contributed by atoms with van der Waals surface area (Å²) in [4.78, 5) is 1.33. The Hall–Kier alpha value is -1.34. The van der Waals surface area contributed by atoms with Crippen molar-refractivity contribution in [3.8, 4) is 0 Å². The maximum absolute atomic E-state index is 12.4. The normalized spacial score (nSPS) is 11.5. The smallest absolute Gasteiger partial charge is 0.362 e. The lowest BCUT2D eigenvalue weighted by Crippen LogP contribution is -3.06. The summed E-state index contributed by atoms with van der Waals surface area (Å²) in [5.41, 5.74) is 0.221. The summed E-state index contributed by atoms with van der Waals surface area (Å²) in [6.45, 7) is 2.33. The predicted octanol–water partition coefficient (Wildman–Crippen LogP) is 0.857. The fourth-order valence-corrected chi connectivity index (χ4v) is 1.87. The Morgan fingerprint density at radius 2 is 1.67 bits per heavy atom. The summed E-state index contributed by atoms with van der Waals surface area (Å²) in [7, 11) is 4.12. The van der Waals surface area contributed by atoms with Gasteiger partial charge in [-0.1, -0.05) is 12.1 Å². The van der Waals surface area contributed by atoms with Crippen molar-refractivity contribution in [3.63, 3.8) is 0 Å². The number of rotatable bonds is 6. The lowest BCUT2D eigenvalue weighted by molar-refractivity contribution is -0.856. The first kappa shape index (κ1) is 17.7. The molecule has 0 radical (unpaired) electrons. The van der Waals surface area contributed by atoms with Crippen LogP contribution in [0.3, 0.4) is 0 Å². The number of likely N-dealkylation sites (N-methyl/N-ethyl adjacent to an activating group) is 1. The first-order valence-electron chi connectivity index (χ1n) is 6.76. The van der Waals surface area contributed by atoms with E-state index in [1.54, 1.807) is 0 Å². The molecule has 118 valence electrons. The van der Waals surface area contributed by atoms with Gasteiger partial charge in [-0.15, -0.1) is 0 Å². The standard InChI is InChI=1S/C14H20F3N3S/c1-20(2)10-9-19-13(21)18-8-7-11-3-5-12(6-4-11)14(15,16)17/h3-6H,7-10H2,1-2H3,(H2,18,19,21)/p+1. The average molecular weight is 320 g/mol. The van der Waals surface area contributed by atoms with Gasteiger partial charge < -0.3 is 15.5 Å². The van der Waals surface area contributed by atoms with E-state index in [1.165, 1.54) is 17.0 Å². The summed E-state index contributed by atoms with van der Waals surface area (Å²) in [6, 6.07) is 5.20. The topological polar surface area (TPSA) is 28.5 Å². The molecule has 0 atom stereocenters. The number of benzene rings is 1. The minimum absolute atomic E-state index is 0.572. The second kappa shape index (κ2) is 8.19. The molecule has 0 fully saturated rings. The molecule has 0 spiro atoms. The molecule has 1 rings (SSSR count). The third-order valence-electron chi connectivity index (χ3n) is 2.89. The van der Waals surface area contributed by atoms with Crippen LogP contribution in [0.2, 0.25) is 0 Å². The van der Waals surface area contributed by atoms with Crippen LogP contribution in [0.1, 0.15) is 11.1 Å². The highest BCUT2D eigenvalue weighted by atomic mass is 32.1. The van der Waals surface area contributed by atoms with Gasteiger partial charge in [-0.25, -0.2) is 0 Å². The molecule has 7 heteroatoms. The van der Waals surface area contributed by atoms with E-state index < -0.39 is 11.7 Å². The third-order valence-corrected chi connectivity index (χ3v) is 3.18. The molecule has 0 aromatic heterocycles. The molecule has 3 N–H and O–H groups in total. The van der Waals surface area contributed by atoms with Gasteiger partial charge in [-0.3, -0.25) is 0 Å². The van der Waals surface area contributed by atoms with Gasteiger partial charge >= 0.3 is 6.18 Å². The van der Waals surface area contributed by atoms with Crippen molar-refractivity contribution < 1.29 is 18.1 Å². The van der Waals surface area contributed by atoms with Crippen LogP contribution >= 0.6 is 12.2 Å². The van der Waals surface area contributed by atoms with Crippen LogP contribution in [0.4, 0.5) is 13.2 Å². The highest BCUT2D eigenvalue weighted by Gasteiger charge is 2.29. The molecule has 0 amide bonds. The van der Waals surface area contributed by atoms with Crippen molar-refractivity contribution in [2.45, 2.75) is 12.6 Å². The van der Waals surface area contributed by atoms with E-state index in [4.69, 9.17) is 12.2 Å². The van der Waals surface area contributed by atoms with Crippen molar-refractivity contribution in [1.29, 1.82) is 0 Å². The first-order chi connectivity index (χ1) is 9.79. The highest BCUT2D eigenvalue weighted by Crippen LogP contribution is 2.29. The number of quaternary nitrogens is 1. The van der Waals surface area contributed by atoms with Crippen molar-refractivity contribution in [2.75, 3.05) is 33.7 Å². The van der Waals surface area contributed by atoms with Gasteiger partial charge in [0.05, 0.1) is 32.7 Å². The summed E-state index contributed by atoms with van der Waals surface area (Å²) < 4.78 is 37.2. The number of hydrogen-bond acceptors (Lipinski definition) is 1. The van der Waals surface area contributed by atoms with Crippen molar-refractivity contribution in [1.82, 2.24) is 10.6 Å². The largest absolute Gasteiger partial charge is 0.416 e. The van der Waals surface area contributed by atoms with E-state index in [0.29, 0.717) is 18.1 Å². The molecular weight excluding hydrogens is 299 g/mol. The third kappa shape index (κ3) is 7.29. The van der Waals surface area contributed by atoms with Crippen LogP contribution in [0.5, 0.6) is 0 Å². The number of thiocarbonyl (C=S) groups is 1. The van der Waals surface area contributed by atoms with E-state index in [-0.39, 0.29) is 0 Å². The van der Waals surface area contributed by atoms with E-state index in [9.17, 15) is 13.2 Å². The van der Waals surface area contributed by atoms with Crippen molar-refractivity contribution in [2.24, 2.45) is 0 Å². The predicted molar refractivity (Wildman–Crippen MR) is 81.4 cm³/mol. The molecule has 21 heavy (non-hydrogen) atoms. The fraction of sp³-hybridized carbons (Fsp3) is 0.500. The lowest BCUT2D eigenvalue weighted by atomic mass is 10.1. The monoisotopic (exact) mass is 320 g/mol. The molecule has 0 bridgehead atoms. The SMILES string of the molecule is C[NH+](C)CCNC(=S)NCCc1ccc(C(F)(F)F)cc1. The Bertz CT molecular complexity index is 444. The van der Waals surface area contributed by atoms with Crippen molar-refractivity contribution in [3.05, 3.63) is 35.4 Å². The van der Waals surface area contributed by atoms with Crippen LogP contribution in [0.25, 0.3) is 0 Å². The molecule has 0 heterocycles. The van der Waals surface area contributed by atoms with Gasteiger partial charge in [0.1, 0.15) is 0 Å². The molecule has 0 aliphatic heterocycles. The van der Waals surface area contributed by atoms with Gasteiger partial charge in [-0.2, -0.15) is 13.2 Å². The fourth-order valence-electron chi connectivity index (χ4n) is 1.67. The maximum Gasteiger partial charge on any atom is 0.416 e. The van der Waals surface area contributed by atoms with Crippen LogP contribution in [-0.2, 0) is 12.6 Å². The Balaban J connectivity index is 2.28. The van der Waals surface area contributed by atoms with E-state index in [1.807, 2.05) is 0 Å². The number of halogens is 3. The average Bonchev–Trinajstić information content (AvgIpc) is 2.38. The molecule has 0 aliphatic carbocycles. The van der Waals surface area contributed by atoms with Crippen LogP contribution in [-0.4, -0.2) is 38.8 Å². The highest BCUT2D eigenvalue weighted by molar-refractivity contribution is 7.80. The molecule has 3 nitrogen and oxygen atoms in total. The number of nitrogens with one attached hydrogen (secondary N) is 3. The molecule has 0 saturated heterocycles. The van der Waals surface area contributed by atoms with Gasteiger partial charge in [0, 0.05) is 6.54 Å². The van der Waals surface area contributed by atoms with Crippen LogP contribution in [0, 0.1) is 0 Å². The van der Waals surface area contributed by atoms with E-state index >= 15 is 0 Å². The van der Waals surface area contributed by atoms with Gasteiger partial charge in [0.15, 0.2) is 5.11 Å². The van der Waals surface area contributed by atoms with E-state index in [2.05, 4.69) is 24.7 Å². The molecule has 0 saturated carbocycles. The Morgan fingerprint density at radius 1 is 1.10 bits per heavy atom. The molecule has 1 aromatic carbocycles. The molecule has 1 aromatic rings. The second-order valence-electron chi connectivity index (χ2n) is 5.08. The van der Waals surface area contributed by atoms with Gasteiger partial charge in [0.2, 0.25) is 0 Å². The van der Waals surface area contributed by atoms with Gasteiger partial charge in [0.25, 0.3) is 0 Å². The number of alkyl halides is 3. The lowest BCUT2D eigenvalue weighted by Gasteiger charge is -2.12. The van der Waals surface area contributed by atoms with E-state index in [0.717, 1.165) is 30.8 Å². The second-order valence-corrected chi connectivity index (χ2v) is 5.49. The Morgan fingerprint density at radius 3 is 2.19 bits per heavy atom. The summed E-state index contributed by atoms with van der Waals surface area (Å²) in [5.74, 6) is 0. The zero-order valence-corrected chi connectivity index (χ0v) is 13.0. The summed E-state index contributed by atoms with van der Waals surface area (Å²) in [5, 5.41) is 6.69. The Kier molecular flexibility index (Phi) is 6.91. The van der Waals surface area contributed by atoms with Crippen LogP contribution < -0.4 is 15.5 Å². The zero-order valence-electron chi connectivity index (χ0n) is 12.2. The summed E-state index contributed by atoms with van der Waals surface area (Å²) >= 11 is 5.11. The zero-order chi connectivity index (χ0) is 15.9. The van der Waals surface area contributed by atoms with Crippen LogP contribution in [0.15, 0.2) is 24.3 Å². The first-order valence-corrected chi connectivity index (χ1v) is 7.16. The summed E-state index contributed by atoms with van der Waals surface area (Å²) in [6.07, 6.45) is -3.66. The van der Waals surface area contributed by atoms with Crippen molar-refractivity contribution >= 4 is 17.3 Å². The maximum atomic E-state index is 12.4. The molecule has 0 unspecified atom stereocenters. The quantitative estimate of drug-likeness (QED) is 0.679. The number of hydrogen-bond donors (Lipinski definition) is 3. The minimum Gasteiger partial charge on any atom is -0.362 e. The molecule has 0 aliphatic rings. The van der Waals surface area contributed by atoms with Gasteiger partial charge in [-0.05, 0) is 36.3 Å². The molecular formula is C14H21F3N3S+.